The van der Waals surface area contributed by atoms with Gasteiger partial charge in [0.15, 0.2) is 0 Å². The average Bonchev–Trinajstić information content (AvgIpc) is 2.75. The van der Waals surface area contributed by atoms with Crippen LogP contribution in [-0.2, 0) is 16.1 Å². The third-order valence-electron chi connectivity index (χ3n) is 5.18. The molecular formula is C21H29N5O2. The van der Waals surface area contributed by atoms with Crippen LogP contribution < -0.4 is 5.32 Å². The average molecular weight is 383 g/mol. The number of nitrogens with zero attached hydrogens (tertiary/aromatic N) is 4. The number of nitriles is 1. The summed E-state index contributed by atoms with van der Waals surface area (Å²) in [7, 11) is 0. The zero-order valence-electron chi connectivity index (χ0n) is 16.3. The normalized spacial score (nSPS) is 19.2. The standard InChI is InChI=1S/C21H29N5O2/c22-16-20(17-23-6-7-24-12-14-28-15-13-24)21(27)26-10-8-25(9-11-26)18-19-4-2-1-3-5-19/h1-5,17,23H,6-15,18H2/b20-17-. The Kier molecular flexibility index (Phi) is 7.85. The van der Waals surface area contributed by atoms with Crippen molar-refractivity contribution >= 4 is 5.91 Å². The predicted octanol–water partition coefficient (Wildman–Crippen LogP) is 0.660. The van der Waals surface area contributed by atoms with Crippen LogP contribution in [0.25, 0.3) is 0 Å². The molecule has 0 saturated carbocycles. The van der Waals surface area contributed by atoms with Crippen LogP contribution in [0.3, 0.4) is 0 Å². The summed E-state index contributed by atoms with van der Waals surface area (Å²) in [5.41, 5.74) is 1.46. The molecule has 150 valence electrons. The largest absolute Gasteiger partial charge is 0.388 e. The molecule has 1 amide bonds. The Labute approximate surface area is 167 Å². The van der Waals surface area contributed by atoms with Gasteiger partial charge in [-0.3, -0.25) is 14.6 Å². The molecule has 28 heavy (non-hydrogen) atoms. The SMILES string of the molecule is N#C/C(=C/NCCN1CCOCC1)C(=O)N1CCN(Cc2ccccc2)CC1. The minimum Gasteiger partial charge on any atom is -0.388 e. The van der Waals surface area contributed by atoms with E-state index >= 15 is 0 Å². The molecule has 2 fully saturated rings. The van der Waals surface area contributed by atoms with Gasteiger partial charge < -0.3 is 15.0 Å². The van der Waals surface area contributed by atoms with Crippen LogP contribution in [0.5, 0.6) is 0 Å². The molecule has 0 aliphatic carbocycles. The first-order valence-corrected chi connectivity index (χ1v) is 9.95. The maximum Gasteiger partial charge on any atom is 0.266 e. The molecule has 3 rings (SSSR count). The fraction of sp³-hybridized carbons (Fsp3) is 0.524. The number of benzene rings is 1. The van der Waals surface area contributed by atoms with Crippen LogP contribution >= 0.6 is 0 Å². The molecule has 1 aromatic carbocycles. The van der Waals surface area contributed by atoms with E-state index in [-0.39, 0.29) is 11.5 Å². The lowest BCUT2D eigenvalue weighted by molar-refractivity contribution is -0.128. The Balaban J connectivity index is 1.41. The van der Waals surface area contributed by atoms with Gasteiger partial charge in [0.1, 0.15) is 11.6 Å². The number of hydrogen-bond acceptors (Lipinski definition) is 6. The number of carbonyl (C=O) groups is 1. The van der Waals surface area contributed by atoms with Crippen molar-refractivity contribution in [3.8, 4) is 6.07 Å². The van der Waals surface area contributed by atoms with Crippen LogP contribution in [0.4, 0.5) is 0 Å². The fourth-order valence-electron chi connectivity index (χ4n) is 3.48. The van der Waals surface area contributed by atoms with Gasteiger partial charge in [0.05, 0.1) is 13.2 Å². The molecular weight excluding hydrogens is 354 g/mol. The Morgan fingerprint density at radius 3 is 2.46 bits per heavy atom. The summed E-state index contributed by atoms with van der Waals surface area (Å²) in [4.78, 5) is 19.1. The topological polar surface area (TPSA) is 71.8 Å². The van der Waals surface area contributed by atoms with E-state index in [1.807, 2.05) is 24.3 Å². The van der Waals surface area contributed by atoms with Crippen molar-refractivity contribution in [1.82, 2.24) is 20.0 Å². The molecule has 0 radical (unpaired) electrons. The van der Waals surface area contributed by atoms with Crippen LogP contribution in [0.2, 0.25) is 0 Å². The second-order valence-corrected chi connectivity index (χ2v) is 7.13. The first kappa shape index (κ1) is 20.3. The van der Waals surface area contributed by atoms with Gasteiger partial charge in [-0.25, -0.2) is 0 Å². The fourth-order valence-corrected chi connectivity index (χ4v) is 3.48. The maximum atomic E-state index is 12.6. The van der Waals surface area contributed by atoms with Crippen LogP contribution in [0.15, 0.2) is 42.1 Å². The zero-order valence-corrected chi connectivity index (χ0v) is 16.3. The van der Waals surface area contributed by atoms with Crippen molar-refractivity contribution in [2.24, 2.45) is 0 Å². The molecule has 0 unspecified atom stereocenters. The summed E-state index contributed by atoms with van der Waals surface area (Å²) in [6.45, 7) is 8.85. The van der Waals surface area contributed by atoms with Crippen molar-refractivity contribution in [3.05, 3.63) is 47.7 Å². The summed E-state index contributed by atoms with van der Waals surface area (Å²) < 4.78 is 5.33. The van der Waals surface area contributed by atoms with Crippen molar-refractivity contribution in [2.45, 2.75) is 6.54 Å². The quantitative estimate of drug-likeness (QED) is 0.424. The number of hydrogen-bond donors (Lipinski definition) is 1. The van der Waals surface area contributed by atoms with Gasteiger partial charge in [0, 0.05) is 65.1 Å². The van der Waals surface area contributed by atoms with Crippen molar-refractivity contribution in [3.63, 3.8) is 0 Å². The first-order valence-electron chi connectivity index (χ1n) is 9.95. The number of rotatable bonds is 7. The molecule has 2 heterocycles. The van der Waals surface area contributed by atoms with Crippen LogP contribution in [0.1, 0.15) is 5.56 Å². The monoisotopic (exact) mass is 383 g/mol. The number of morpholine rings is 1. The molecule has 2 saturated heterocycles. The van der Waals surface area contributed by atoms with E-state index < -0.39 is 0 Å². The van der Waals surface area contributed by atoms with E-state index in [1.54, 1.807) is 11.1 Å². The molecule has 7 nitrogen and oxygen atoms in total. The Morgan fingerprint density at radius 1 is 1.07 bits per heavy atom. The summed E-state index contributed by atoms with van der Waals surface area (Å²) in [5.74, 6) is -0.180. The molecule has 2 aliphatic heterocycles. The van der Waals surface area contributed by atoms with E-state index in [4.69, 9.17) is 4.74 Å². The molecule has 0 bridgehead atoms. The lowest BCUT2D eigenvalue weighted by atomic mass is 10.2. The van der Waals surface area contributed by atoms with Gasteiger partial charge in [-0.05, 0) is 5.56 Å². The van der Waals surface area contributed by atoms with E-state index in [0.29, 0.717) is 19.6 Å². The third-order valence-corrected chi connectivity index (χ3v) is 5.18. The number of ether oxygens (including phenoxy) is 1. The highest BCUT2D eigenvalue weighted by atomic mass is 16.5. The second-order valence-electron chi connectivity index (χ2n) is 7.13. The lowest BCUT2D eigenvalue weighted by Crippen LogP contribution is -2.48. The van der Waals surface area contributed by atoms with Gasteiger partial charge in [0.2, 0.25) is 0 Å². The minimum absolute atomic E-state index is 0.179. The van der Waals surface area contributed by atoms with Crippen molar-refractivity contribution in [2.75, 3.05) is 65.6 Å². The smallest absolute Gasteiger partial charge is 0.266 e. The van der Waals surface area contributed by atoms with E-state index in [2.05, 4.69) is 27.2 Å². The summed E-state index contributed by atoms with van der Waals surface area (Å²) in [6, 6.07) is 12.4. The summed E-state index contributed by atoms with van der Waals surface area (Å²) in [5, 5.41) is 12.5. The predicted molar refractivity (Wildman–Crippen MR) is 107 cm³/mol. The molecule has 2 aliphatic rings. The van der Waals surface area contributed by atoms with Crippen molar-refractivity contribution in [1.29, 1.82) is 5.26 Å². The second kappa shape index (κ2) is 10.8. The molecule has 1 aromatic rings. The first-order chi connectivity index (χ1) is 13.8. The Morgan fingerprint density at radius 2 is 1.79 bits per heavy atom. The molecule has 0 aromatic heterocycles. The highest BCUT2D eigenvalue weighted by Gasteiger charge is 2.23. The third kappa shape index (κ3) is 6.06. The summed E-state index contributed by atoms with van der Waals surface area (Å²) in [6.07, 6.45) is 1.57. The van der Waals surface area contributed by atoms with Gasteiger partial charge in [-0.15, -0.1) is 0 Å². The number of amides is 1. The van der Waals surface area contributed by atoms with Gasteiger partial charge in [-0.1, -0.05) is 30.3 Å². The highest BCUT2D eigenvalue weighted by molar-refractivity contribution is 5.97. The number of nitrogens with one attached hydrogen (secondary N) is 1. The van der Waals surface area contributed by atoms with Crippen LogP contribution in [0, 0.1) is 11.3 Å². The Bertz CT molecular complexity index is 686. The van der Waals surface area contributed by atoms with Gasteiger partial charge >= 0.3 is 0 Å². The summed E-state index contributed by atoms with van der Waals surface area (Å²) >= 11 is 0. The van der Waals surface area contributed by atoms with Gasteiger partial charge in [0.25, 0.3) is 5.91 Å². The molecule has 1 N–H and O–H groups in total. The molecule has 7 heteroatoms. The number of piperazine rings is 1. The Hall–Kier alpha value is -2.40. The number of carbonyl (C=O) groups excluding carboxylic acids is 1. The van der Waals surface area contributed by atoms with E-state index in [9.17, 15) is 10.1 Å². The molecule has 0 spiro atoms. The van der Waals surface area contributed by atoms with E-state index in [1.165, 1.54) is 5.56 Å². The lowest BCUT2D eigenvalue weighted by Gasteiger charge is -2.34. The van der Waals surface area contributed by atoms with Crippen LogP contribution in [-0.4, -0.2) is 86.2 Å². The van der Waals surface area contributed by atoms with E-state index in [0.717, 1.165) is 52.5 Å². The van der Waals surface area contributed by atoms with Crippen molar-refractivity contribution < 1.29 is 9.53 Å². The van der Waals surface area contributed by atoms with Gasteiger partial charge in [-0.2, -0.15) is 5.26 Å². The highest BCUT2D eigenvalue weighted by Crippen LogP contribution is 2.10. The zero-order chi connectivity index (χ0) is 19.6. The maximum absolute atomic E-state index is 12.6. The molecule has 0 atom stereocenters. The minimum atomic E-state index is -0.180.